The highest BCUT2D eigenvalue weighted by molar-refractivity contribution is 6.35. The van der Waals surface area contributed by atoms with Crippen LogP contribution in [0.1, 0.15) is 51.0 Å². The van der Waals surface area contributed by atoms with Gasteiger partial charge in [0, 0.05) is 22.9 Å². The fraction of sp³-hybridized carbons (Fsp3) is 0.579. The van der Waals surface area contributed by atoms with Crippen LogP contribution in [0, 0.1) is 11.3 Å². The Balaban J connectivity index is 2.07. The van der Waals surface area contributed by atoms with E-state index in [-0.39, 0.29) is 23.6 Å². The van der Waals surface area contributed by atoms with Crippen molar-refractivity contribution in [2.45, 2.75) is 51.9 Å². The summed E-state index contributed by atoms with van der Waals surface area (Å²) in [5.74, 6) is 0.524. The molecule has 0 aromatic heterocycles. The van der Waals surface area contributed by atoms with Crippen molar-refractivity contribution in [2.75, 3.05) is 7.11 Å². The fourth-order valence-corrected chi connectivity index (χ4v) is 4.00. The molecule has 1 aromatic carbocycles. The Morgan fingerprint density at radius 2 is 1.88 bits per heavy atom. The van der Waals surface area contributed by atoms with E-state index in [1.54, 1.807) is 18.2 Å². The lowest BCUT2D eigenvalue weighted by molar-refractivity contribution is -0.144. The number of esters is 1. The van der Waals surface area contributed by atoms with Crippen molar-refractivity contribution in [3.63, 3.8) is 0 Å². The SMILES string of the molecule is COC(=O)CC1(CC(=O)Cc2ccc(Cl)cc2Cl)CCC(C)CC1. The van der Waals surface area contributed by atoms with Crippen LogP contribution in [-0.2, 0) is 20.7 Å². The Bertz CT molecular complexity index is 605. The molecule has 0 radical (unpaired) electrons. The maximum atomic E-state index is 12.6. The summed E-state index contributed by atoms with van der Waals surface area (Å²) in [6.07, 6.45) is 4.86. The lowest BCUT2D eigenvalue weighted by Gasteiger charge is -2.38. The van der Waals surface area contributed by atoms with E-state index in [1.807, 2.05) is 0 Å². The summed E-state index contributed by atoms with van der Waals surface area (Å²) in [6, 6.07) is 5.18. The van der Waals surface area contributed by atoms with E-state index in [1.165, 1.54) is 7.11 Å². The first-order valence-corrected chi connectivity index (χ1v) is 9.11. The molecule has 1 fully saturated rings. The zero-order valence-corrected chi connectivity index (χ0v) is 15.8. The van der Waals surface area contributed by atoms with E-state index in [9.17, 15) is 9.59 Å². The van der Waals surface area contributed by atoms with Gasteiger partial charge in [-0.25, -0.2) is 0 Å². The van der Waals surface area contributed by atoms with Gasteiger partial charge in [-0.05, 0) is 41.9 Å². The van der Waals surface area contributed by atoms with Gasteiger partial charge in [-0.3, -0.25) is 9.59 Å². The zero-order valence-electron chi connectivity index (χ0n) is 14.2. The molecular formula is C19H24Cl2O3. The molecule has 1 aliphatic carbocycles. The number of halogens is 2. The van der Waals surface area contributed by atoms with Gasteiger partial charge in [-0.15, -0.1) is 0 Å². The van der Waals surface area contributed by atoms with Crippen LogP contribution in [0.3, 0.4) is 0 Å². The summed E-state index contributed by atoms with van der Waals surface area (Å²) in [5, 5.41) is 1.06. The minimum Gasteiger partial charge on any atom is -0.469 e. The molecule has 1 saturated carbocycles. The van der Waals surface area contributed by atoms with E-state index in [4.69, 9.17) is 27.9 Å². The lowest BCUT2D eigenvalue weighted by Crippen LogP contribution is -2.33. The Labute approximate surface area is 153 Å². The van der Waals surface area contributed by atoms with Crippen LogP contribution in [-0.4, -0.2) is 18.9 Å². The second-order valence-electron chi connectivity index (χ2n) is 7.06. The summed E-state index contributed by atoms with van der Waals surface area (Å²) < 4.78 is 4.85. The fourth-order valence-electron chi connectivity index (χ4n) is 3.53. The predicted molar refractivity (Wildman–Crippen MR) is 96.5 cm³/mol. The summed E-state index contributed by atoms with van der Waals surface area (Å²) in [4.78, 5) is 24.5. The maximum absolute atomic E-state index is 12.6. The van der Waals surface area contributed by atoms with Crippen LogP contribution in [0.15, 0.2) is 18.2 Å². The quantitative estimate of drug-likeness (QED) is 0.641. The molecular weight excluding hydrogens is 347 g/mol. The third-order valence-corrected chi connectivity index (χ3v) is 5.64. The van der Waals surface area contributed by atoms with Gasteiger partial charge in [0.25, 0.3) is 0 Å². The number of ketones is 1. The van der Waals surface area contributed by atoms with Crippen LogP contribution in [0.5, 0.6) is 0 Å². The van der Waals surface area contributed by atoms with E-state index < -0.39 is 0 Å². The lowest BCUT2D eigenvalue weighted by atomic mass is 9.66. The van der Waals surface area contributed by atoms with Gasteiger partial charge in [-0.2, -0.15) is 0 Å². The molecule has 0 spiro atoms. The second kappa shape index (κ2) is 8.35. The third-order valence-electron chi connectivity index (χ3n) is 5.06. The minimum atomic E-state index is -0.268. The van der Waals surface area contributed by atoms with Crippen LogP contribution >= 0.6 is 23.2 Å². The molecule has 0 amide bonds. The molecule has 5 heteroatoms. The van der Waals surface area contributed by atoms with Crippen molar-refractivity contribution in [2.24, 2.45) is 11.3 Å². The maximum Gasteiger partial charge on any atom is 0.306 e. The third kappa shape index (κ3) is 5.22. The molecule has 0 unspecified atom stereocenters. The number of ether oxygens (including phenoxy) is 1. The summed E-state index contributed by atoms with van der Waals surface area (Å²) in [6.45, 7) is 2.22. The number of carbonyl (C=O) groups excluding carboxylic acids is 2. The number of carbonyl (C=O) groups is 2. The molecule has 0 saturated heterocycles. The monoisotopic (exact) mass is 370 g/mol. The molecule has 0 aliphatic heterocycles. The Kier molecular flexibility index (Phi) is 6.70. The Morgan fingerprint density at radius 1 is 1.21 bits per heavy atom. The van der Waals surface area contributed by atoms with Crippen molar-refractivity contribution in [1.29, 1.82) is 0 Å². The molecule has 1 aliphatic rings. The number of rotatable bonds is 6. The normalized spacial score (nSPS) is 23.8. The van der Waals surface area contributed by atoms with Gasteiger partial charge < -0.3 is 4.74 Å². The van der Waals surface area contributed by atoms with Gasteiger partial charge in [0.1, 0.15) is 5.78 Å². The number of hydrogen-bond donors (Lipinski definition) is 0. The van der Waals surface area contributed by atoms with E-state index in [2.05, 4.69) is 6.92 Å². The summed E-state index contributed by atoms with van der Waals surface area (Å²) >= 11 is 12.1. The molecule has 0 bridgehead atoms. The van der Waals surface area contributed by atoms with Crippen molar-refractivity contribution < 1.29 is 14.3 Å². The average Bonchev–Trinajstić information content (AvgIpc) is 2.53. The van der Waals surface area contributed by atoms with Crippen molar-refractivity contribution in [3.05, 3.63) is 33.8 Å². The summed E-state index contributed by atoms with van der Waals surface area (Å²) in [7, 11) is 1.40. The zero-order chi connectivity index (χ0) is 17.7. The van der Waals surface area contributed by atoms with Crippen molar-refractivity contribution in [3.8, 4) is 0 Å². The number of Topliss-reactive ketones (excluding diaryl/α,β-unsaturated/α-hetero) is 1. The average molecular weight is 371 g/mol. The molecule has 24 heavy (non-hydrogen) atoms. The van der Waals surface area contributed by atoms with Crippen molar-refractivity contribution in [1.82, 2.24) is 0 Å². The number of hydrogen-bond acceptors (Lipinski definition) is 3. The van der Waals surface area contributed by atoms with Crippen molar-refractivity contribution >= 4 is 35.0 Å². The van der Waals surface area contributed by atoms with Gasteiger partial charge in [-0.1, -0.05) is 49.0 Å². The molecule has 0 N–H and O–H groups in total. The molecule has 2 rings (SSSR count). The first kappa shape index (κ1) is 19.3. The first-order chi connectivity index (χ1) is 11.3. The molecule has 1 aromatic rings. The Morgan fingerprint density at radius 3 is 2.46 bits per heavy atom. The van der Waals surface area contributed by atoms with E-state index in [0.717, 1.165) is 31.2 Å². The van der Waals surface area contributed by atoms with Gasteiger partial charge in [0.15, 0.2) is 0 Å². The minimum absolute atomic E-state index is 0.109. The highest BCUT2D eigenvalue weighted by Crippen LogP contribution is 2.44. The first-order valence-electron chi connectivity index (χ1n) is 8.36. The number of benzene rings is 1. The summed E-state index contributed by atoms with van der Waals surface area (Å²) in [5.41, 5.74) is 0.513. The van der Waals surface area contributed by atoms with E-state index >= 15 is 0 Å². The standard InChI is InChI=1S/C19H24Cl2O3/c1-13-5-7-19(8-6-13,12-18(23)24-2)11-16(22)9-14-3-4-15(20)10-17(14)21/h3-4,10,13H,5-9,11-12H2,1-2H3. The highest BCUT2D eigenvalue weighted by Gasteiger charge is 2.38. The largest absolute Gasteiger partial charge is 0.469 e. The molecule has 0 heterocycles. The Hall–Kier alpha value is -1.06. The molecule has 132 valence electrons. The topological polar surface area (TPSA) is 43.4 Å². The van der Waals surface area contributed by atoms with Crippen LogP contribution in [0.25, 0.3) is 0 Å². The van der Waals surface area contributed by atoms with E-state index in [0.29, 0.717) is 28.8 Å². The number of methoxy groups -OCH3 is 1. The molecule has 3 nitrogen and oxygen atoms in total. The molecule has 0 atom stereocenters. The van der Waals surface area contributed by atoms with Crippen LogP contribution in [0.4, 0.5) is 0 Å². The predicted octanol–water partition coefficient (Wildman–Crippen LogP) is 5.25. The van der Waals surface area contributed by atoms with Gasteiger partial charge >= 0.3 is 5.97 Å². The highest BCUT2D eigenvalue weighted by atomic mass is 35.5. The van der Waals surface area contributed by atoms with Crippen LogP contribution in [0.2, 0.25) is 10.0 Å². The smallest absolute Gasteiger partial charge is 0.306 e. The van der Waals surface area contributed by atoms with Gasteiger partial charge in [0.2, 0.25) is 0 Å². The van der Waals surface area contributed by atoms with Gasteiger partial charge in [0.05, 0.1) is 13.5 Å². The second-order valence-corrected chi connectivity index (χ2v) is 7.91. The van der Waals surface area contributed by atoms with Crippen LogP contribution < -0.4 is 0 Å².